The molecule has 1 aliphatic rings. The quantitative estimate of drug-likeness (QED) is 0.289. The fourth-order valence-corrected chi connectivity index (χ4v) is 4.86. The van der Waals surface area contributed by atoms with Gasteiger partial charge >= 0.3 is 6.18 Å². The zero-order valence-electron chi connectivity index (χ0n) is 21.9. The third-order valence-corrected chi connectivity index (χ3v) is 7.14. The third-order valence-electron chi connectivity index (χ3n) is 7.14. The van der Waals surface area contributed by atoms with E-state index in [1.54, 1.807) is 12.4 Å². The van der Waals surface area contributed by atoms with Gasteiger partial charge in [0.25, 0.3) is 0 Å². The Balaban J connectivity index is 1.36. The molecule has 0 unspecified atom stereocenters. The minimum Gasteiger partial charge on any atom is -0.369 e. The summed E-state index contributed by atoms with van der Waals surface area (Å²) in [4.78, 5) is 18.9. The van der Waals surface area contributed by atoms with Gasteiger partial charge in [-0.2, -0.15) is 13.2 Å². The number of halogens is 3. The summed E-state index contributed by atoms with van der Waals surface area (Å²) in [6.07, 6.45) is -2.72. The SMILES string of the molecule is CN1CCN(c2ccc(-c3nc(NCc4cccc(C(F)(F)F)c4)c4ncn(-c5ccccc5)c4n3)cc2)CC1. The number of piperazine rings is 1. The lowest BCUT2D eigenvalue weighted by Crippen LogP contribution is -2.44. The highest BCUT2D eigenvalue weighted by Gasteiger charge is 2.30. The van der Waals surface area contributed by atoms with Crippen LogP contribution in [-0.4, -0.2) is 57.6 Å². The summed E-state index contributed by atoms with van der Waals surface area (Å²) < 4.78 is 41.6. The van der Waals surface area contributed by atoms with Gasteiger partial charge in [0.1, 0.15) is 6.33 Å². The number of aromatic nitrogens is 4. The van der Waals surface area contributed by atoms with Crippen molar-refractivity contribution in [2.45, 2.75) is 12.7 Å². The standard InChI is InChI=1S/C30H28F3N7/c1-38-14-16-39(17-15-38)24-12-10-22(11-13-24)27-36-28(34-19-21-6-5-7-23(18-21)30(31,32)33)26-29(37-27)40(20-35-26)25-8-3-2-4-9-25/h2-13,18,20H,14-17,19H2,1H3,(H,34,36,37). The monoisotopic (exact) mass is 543 g/mol. The minimum absolute atomic E-state index is 0.149. The molecule has 0 aliphatic carbocycles. The highest BCUT2D eigenvalue weighted by molar-refractivity contribution is 5.86. The summed E-state index contributed by atoms with van der Waals surface area (Å²) in [5.74, 6) is 0.955. The Morgan fingerprint density at radius 2 is 1.57 bits per heavy atom. The van der Waals surface area contributed by atoms with Crippen LogP contribution in [0.2, 0.25) is 0 Å². The predicted octanol–water partition coefficient (Wildman–Crippen LogP) is 5.87. The fourth-order valence-electron chi connectivity index (χ4n) is 4.86. The number of nitrogens with one attached hydrogen (secondary N) is 1. The zero-order valence-corrected chi connectivity index (χ0v) is 21.9. The molecule has 1 N–H and O–H groups in total. The molecule has 5 aromatic rings. The first-order valence-corrected chi connectivity index (χ1v) is 13.1. The van der Waals surface area contributed by atoms with Crippen LogP contribution in [0.5, 0.6) is 0 Å². The first kappa shape index (κ1) is 25.8. The first-order valence-electron chi connectivity index (χ1n) is 13.1. The minimum atomic E-state index is -4.41. The van der Waals surface area contributed by atoms with E-state index in [1.807, 2.05) is 47.0 Å². The molecule has 0 amide bonds. The smallest absolute Gasteiger partial charge is 0.369 e. The van der Waals surface area contributed by atoms with Crippen LogP contribution >= 0.6 is 0 Å². The van der Waals surface area contributed by atoms with E-state index in [1.165, 1.54) is 6.07 Å². The number of para-hydroxylation sites is 1. The molecule has 0 bridgehead atoms. The van der Waals surface area contributed by atoms with Gasteiger partial charge in [-0.3, -0.25) is 4.57 Å². The predicted molar refractivity (Wildman–Crippen MR) is 151 cm³/mol. The van der Waals surface area contributed by atoms with Gasteiger partial charge in [0.05, 0.1) is 5.56 Å². The highest BCUT2D eigenvalue weighted by atomic mass is 19.4. The van der Waals surface area contributed by atoms with Gasteiger partial charge in [-0.1, -0.05) is 30.3 Å². The van der Waals surface area contributed by atoms with Crippen molar-refractivity contribution in [3.63, 3.8) is 0 Å². The van der Waals surface area contributed by atoms with Crippen molar-refractivity contribution < 1.29 is 13.2 Å². The maximum Gasteiger partial charge on any atom is 0.416 e. The summed E-state index contributed by atoms with van der Waals surface area (Å²) >= 11 is 0. The molecule has 6 rings (SSSR count). The molecule has 3 aromatic carbocycles. The van der Waals surface area contributed by atoms with Crippen molar-refractivity contribution in [3.05, 3.63) is 96.3 Å². The van der Waals surface area contributed by atoms with E-state index in [-0.39, 0.29) is 6.54 Å². The van der Waals surface area contributed by atoms with Crippen molar-refractivity contribution >= 4 is 22.7 Å². The summed E-state index contributed by atoms with van der Waals surface area (Å²) in [5, 5.41) is 3.22. The van der Waals surface area contributed by atoms with Crippen LogP contribution in [0.1, 0.15) is 11.1 Å². The summed E-state index contributed by atoms with van der Waals surface area (Å²) in [6, 6.07) is 23.2. The molecule has 40 heavy (non-hydrogen) atoms. The van der Waals surface area contributed by atoms with E-state index in [2.05, 4.69) is 39.3 Å². The van der Waals surface area contributed by atoms with E-state index < -0.39 is 11.7 Å². The number of benzene rings is 3. The number of nitrogens with zero attached hydrogens (tertiary/aromatic N) is 6. The Bertz CT molecular complexity index is 1610. The molecular weight excluding hydrogens is 515 g/mol. The molecule has 1 fully saturated rings. The molecule has 0 saturated carbocycles. The molecule has 3 heterocycles. The number of imidazole rings is 1. The Morgan fingerprint density at radius 1 is 0.825 bits per heavy atom. The van der Waals surface area contributed by atoms with E-state index in [9.17, 15) is 13.2 Å². The van der Waals surface area contributed by atoms with Crippen LogP contribution < -0.4 is 10.2 Å². The lowest BCUT2D eigenvalue weighted by atomic mass is 10.1. The molecule has 0 atom stereocenters. The topological polar surface area (TPSA) is 62.1 Å². The molecule has 0 spiro atoms. The van der Waals surface area contributed by atoms with Crippen LogP contribution in [-0.2, 0) is 12.7 Å². The maximum absolute atomic E-state index is 13.2. The Labute approximate surface area is 229 Å². The second kappa shape index (κ2) is 10.6. The Kier molecular flexibility index (Phi) is 6.85. The second-order valence-electron chi connectivity index (χ2n) is 9.91. The summed E-state index contributed by atoms with van der Waals surface area (Å²) in [5.41, 5.74) is 3.82. The van der Waals surface area contributed by atoms with Crippen molar-refractivity contribution in [2.24, 2.45) is 0 Å². The van der Waals surface area contributed by atoms with Gasteiger partial charge in [0.15, 0.2) is 22.8 Å². The van der Waals surface area contributed by atoms with Gasteiger partial charge in [0.2, 0.25) is 0 Å². The van der Waals surface area contributed by atoms with Crippen LogP contribution in [0, 0.1) is 0 Å². The number of alkyl halides is 3. The third kappa shape index (κ3) is 5.35. The fraction of sp³-hybridized carbons (Fsp3) is 0.233. The number of rotatable bonds is 6. The van der Waals surface area contributed by atoms with Crippen LogP contribution in [0.3, 0.4) is 0 Å². The first-order chi connectivity index (χ1) is 19.3. The maximum atomic E-state index is 13.2. The number of hydrogen-bond acceptors (Lipinski definition) is 6. The van der Waals surface area contributed by atoms with Crippen LogP contribution in [0.4, 0.5) is 24.7 Å². The van der Waals surface area contributed by atoms with Gasteiger partial charge in [-0.05, 0) is 61.1 Å². The Hall–Kier alpha value is -4.44. The number of anilines is 2. The summed E-state index contributed by atoms with van der Waals surface area (Å²) in [7, 11) is 2.13. The van der Waals surface area contributed by atoms with Gasteiger partial charge in [0, 0.05) is 49.7 Å². The molecule has 1 saturated heterocycles. The van der Waals surface area contributed by atoms with Crippen molar-refractivity contribution in [1.82, 2.24) is 24.4 Å². The van der Waals surface area contributed by atoms with Crippen molar-refractivity contribution in [2.75, 3.05) is 43.4 Å². The number of fused-ring (bicyclic) bond motifs is 1. The number of hydrogen-bond donors (Lipinski definition) is 1. The average molecular weight is 544 g/mol. The van der Waals surface area contributed by atoms with E-state index >= 15 is 0 Å². The van der Waals surface area contributed by atoms with E-state index in [4.69, 9.17) is 9.97 Å². The van der Waals surface area contributed by atoms with Crippen molar-refractivity contribution in [3.8, 4) is 17.1 Å². The molecule has 0 radical (unpaired) electrons. The van der Waals surface area contributed by atoms with E-state index in [0.29, 0.717) is 28.4 Å². The van der Waals surface area contributed by atoms with Crippen LogP contribution in [0.15, 0.2) is 85.2 Å². The second-order valence-corrected chi connectivity index (χ2v) is 9.91. The van der Waals surface area contributed by atoms with Crippen molar-refractivity contribution in [1.29, 1.82) is 0 Å². The molecule has 10 heteroatoms. The highest BCUT2D eigenvalue weighted by Crippen LogP contribution is 2.31. The molecule has 1 aliphatic heterocycles. The lowest BCUT2D eigenvalue weighted by Gasteiger charge is -2.34. The van der Waals surface area contributed by atoms with Gasteiger partial charge < -0.3 is 15.1 Å². The molecule has 7 nitrogen and oxygen atoms in total. The molecular formula is C30H28F3N7. The average Bonchev–Trinajstić information content (AvgIpc) is 3.41. The Morgan fingerprint density at radius 3 is 2.30 bits per heavy atom. The van der Waals surface area contributed by atoms with Crippen LogP contribution in [0.25, 0.3) is 28.2 Å². The van der Waals surface area contributed by atoms with Gasteiger partial charge in [-0.25, -0.2) is 15.0 Å². The lowest BCUT2D eigenvalue weighted by molar-refractivity contribution is -0.137. The normalized spacial score (nSPS) is 14.6. The molecule has 204 valence electrons. The van der Waals surface area contributed by atoms with Gasteiger partial charge in [-0.15, -0.1) is 0 Å². The molecule has 2 aromatic heterocycles. The number of likely N-dealkylation sites (N-methyl/N-ethyl adjacent to an activating group) is 1. The summed E-state index contributed by atoms with van der Waals surface area (Å²) in [6.45, 7) is 4.13. The largest absolute Gasteiger partial charge is 0.416 e. The van der Waals surface area contributed by atoms with E-state index in [0.717, 1.165) is 55.2 Å². The zero-order chi connectivity index (χ0) is 27.7.